The Morgan fingerprint density at radius 3 is 2.71 bits per heavy atom. The van der Waals surface area contributed by atoms with Gasteiger partial charge in [0.15, 0.2) is 5.78 Å². The Hall–Kier alpha value is -1.29. The van der Waals surface area contributed by atoms with E-state index in [9.17, 15) is 9.18 Å². The monoisotopic (exact) mass is 238 g/mol. The van der Waals surface area contributed by atoms with Crippen molar-refractivity contribution >= 4 is 5.78 Å². The molecule has 0 fully saturated rings. The summed E-state index contributed by atoms with van der Waals surface area (Å²) in [5, 5.41) is 0. The summed E-state index contributed by atoms with van der Waals surface area (Å²) in [5.41, 5.74) is 0.337. The quantitative estimate of drug-likeness (QED) is 0.713. The molecule has 1 heterocycles. The summed E-state index contributed by atoms with van der Waals surface area (Å²) < 4.78 is 12.6. The summed E-state index contributed by atoms with van der Waals surface area (Å²) >= 11 is 0. The minimum absolute atomic E-state index is 0.0411. The van der Waals surface area contributed by atoms with E-state index in [0.717, 1.165) is 12.7 Å². The highest BCUT2D eigenvalue weighted by atomic mass is 19.1. The summed E-state index contributed by atoms with van der Waals surface area (Å²) in [6.45, 7) is 5.94. The fourth-order valence-electron chi connectivity index (χ4n) is 1.68. The maximum atomic E-state index is 12.6. The standard InChI is InChI=1S/C13H19FN2O/c1-10(2)9-16(3)7-6-13(17)12-5-4-11(14)8-15-12/h4-5,8,10H,6-7,9H2,1-3H3. The summed E-state index contributed by atoms with van der Waals surface area (Å²) in [6, 6.07) is 2.69. The molecule has 17 heavy (non-hydrogen) atoms. The molecular formula is C13H19FN2O. The molecule has 0 aliphatic carbocycles. The lowest BCUT2D eigenvalue weighted by atomic mass is 10.1. The van der Waals surface area contributed by atoms with Crippen LogP contribution < -0.4 is 0 Å². The van der Waals surface area contributed by atoms with E-state index in [0.29, 0.717) is 24.6 Å². The van der Waals surface area contributed by atoms with Crippen molar-refractivity contribution in [1.29, 1.82) is 0 Å². The van der Waals surface area contributed by atoms with Crippen molar-refractivity contribution in [3.63, 3.8) is 0 Å². The maximum Gasteiger partial charge on any atom is 0.182 e. The van der Waals surface area contributed by atoms with Crippen LogP contribution >= 0.6 is 0 Å². The second kappa shape index (κ2) is 6.45. The van der Waals surface area contributed by atoms with Crippen LogP contribution in [0.1, 0.15) is 30.8 Å². The molecule has 0 unspecified atom stereocenters. The average Bonchev–Trinajstić information content (AvgIpc) is 2.26. The van der Waals surface area contributed by atoms with Gasteiger partial charge in [-0.15, -0.1) is 0 Å². The second-order valence-corrected chi connectivity index (χ2v) is 4.69. The number of carbonyl (C=O) groups excluding carboxylic acids is 1. The lowest BCUT2D eigenvalue weighted by Gasteiger charge is -2.18. The Labute approximate surface area is 102 Å². The van der Waals surface area contributed by atoms with Crippen LogP contribution in [0.25, 0.3) is 0 Å². The Morgan fingerprint density at radius 2 is 2.18 bits per heavy atom. The van der Waals surface area contributed by atoms with E-state index in [4.69, 9.17) is 0 Å². The number of hydrogen-bond donors (Lipinski definition) is 0. The van der Waals surface area contributed by atoms with Gasteiger partial charge in [0.25, 0.3) is 0 Å². The van der Waals surface area contributed by atoms with Gasteiger partial charge in [-0.2, -0.15) is 0 Å². The average molecular weight is 238 g/mol. The third-order valence-corrected chi connectivity index (χ3v) is 2.41. The molecular weight excluding hydrogens is 219 g/mol. The lowest BCUT2D eigenvalue weighted by Crippen LogP contribution is -2.26. The first-order valence-electron chi connectivity index (χ1n) is 5.82. The van der Waals surface area contributed by atoms with E-state index >= 15 is 0 Å². The van der Waals surface area contributed by atoms with Gasteiger partial charge in [0, 0.05) is 19.5 Å². The number of Topliss-reactive ketones (excluding diaryl/α,β-unsaturated/α-hetero) is 1. The minimum atomic E-state index is -0.418. The SMILES string of the molecule is CC(C)CN(C)CCC(=O)c1ccc(F)cn1. The molecule has 0 aliphatic heterocycles. The smallest absolute Gasteiger partial charge is 0.182 e. The van der Waals surface area contributed by atoms with Gasteiger partial charge >= 0.3 is 0 Å². The van der Waals surface area contributed by atoms with Gasteiger partial charge in [0.1, 0.15) is 11.5 Å². The molecule has 0 bridgehead atoms. The number of pyridine rings is 1. The van der Waals surface area contributed by atoms with Gasteiger partial charge < -0.3 is 4.90 Å². The van der Waals surface area contributed by atoms with Crippen molar-refractivity contribution in [3.05, 3.63) is 29.8 Å². The maximum absolute atomic E-state index is 12.6. The van der Waals surface area contributed by atoms with E-state index in [1.54, 1.807) is 0 Å². The van der Waals surface area contributed by atoms with Crippen LogP contribution in [0.3, 0.4) is 0 Å². The molecule has 0 spiro atoms. The zero-order valence-electron chi connectivity index (χ0n) is 10.6. The van der Waals surface area contributed by atoms with Crippen molar-refractivity contribution in [3.8, 4) is 0 Å². The number of ketones is 1. The first-order valence-corrected chi connectivity index (χ1v) is 5.82. The third kappa shape index (κ3) is 5.04. The van der Waals surface area contributed by atoms with E-state index in [-0.39, 0.29) is 5.78 Å². The fourth-order valence-corrected chi connectivity index (χ4v) is 1.68. The van der Waals surface area contributed by atoms with E-state index in [1.807, 2.05) is 7.05 Å². The first kappa shape index (κ1) is 13.8. The van der Waals surface area contributed by atoms with Crippen molar-refractivity contribution in [2.45, 2.75) is 20.3 Å². The molecule has 0 saturated heterocycles. The molecule has 4 heteroatoms. The highest BCUT2D eigenvalue weighted by Gasteiger charge is 2.09. The molecule has 0 aromatic carbocycles. The Balaban J connectivity index is 2.42. The molecule has 1 aromatic heterocycles. The van der Waals surface area contributed by atoms with Crippen LogP contribution in [0.15, 0.2) is 18.3 Å². The summed E-state index contributed by atoms with van der Waals surface area (Å²) in [6.07, 6.45) is 1.49. The molecule has 0 N–H and O–H groups in total. The van der Waals surface area contributed by atoms with Crippen LogP contribution in [0.5, 0.6) is 0 Å². The number of hydrogen-bond acceptors (Lipinski definition) is 3. The summed E-state index contributed by atoms with van der Waals surface area (Å²) in [7, 11) is 1.99. The molecule has 94 valence electrons. The zero-order chi connectivity index (χ0) is 12.8. The molecule has 0 atom stereocenters. The van der Waals surface area contributed by atoms with Gasteiger partial charge in [0.05, 0.1) is 6.20 Å². The van der Waals surface area contributed by atoms with Crippen molar-refractivity contribution < 1.29 is 9.18 Å². The highest BCUT2D eigenvalue weighted by molar-refractivity contribution is 5.94. The highest BCUT2D eigenvalue weighted by Crippen LogP contribution is 2.03. The van der Waals surface area contributed by atoms with Crippen LogP contribution in [0.2, 0.25) is 0 Å². The predicted octanol–water partition coefficient (Wildman–Crippen LogP) is 2.38. The number of halogens is 1. The van der Waals surface area contributed by atoms with Crippen molar-refractivity contribution in [1.82, 2.24) is 9.88 Å². The van der Waals surface area contributed by atoms with Crippen molar-refractivity contribution in [2.75, 3.05) is 20.1 Å². The lowest BCUT2D eigenvalue weighted by molar-refractivity contribution is 0.0962. The third-order valence-electron chi connectivity index (χ3n) is 2.41. The molecule has 0 saturated carbocycles. The second-order valence-electron chi connectivity index (χ2n) is 4.69. The Morgan fingerprint density at radius 1 is 1.47 bits per heavy atom. The van der Waals surface area contributed by atoms with Gasteiger partial charge in [0.2, 0.25) is 0 Å². The Bertz CT molecular complexity index is 362. The predicted molar refractivity (Wildman–Crippen MR) is 65.5 cm³/mol. The van der Waals surface area contributed by atoms with Gasteiger partial charge in [-0.05, 0) is 25.1 Å². The normalized spacial score (nSPS) is 11.2. The summed E-state index contributed by atoms with van der Waals surface area (Å²) in [4.78, 5) is 17.6. The van der Waals surface area contributed by atoms with Gasteiger partial charge in [-0.25, -0.2) is 4.39 Å². The number of nitrogens with zero attached hydrogens (tertiary/aromatic N) is 2. The van der Waals surface area contributed by atoms with Crippen LogP contribution in [-0.4, -0.2) is 35.8 Å². The van der Waals surface area contributed by atoms with E-state index in [2.05, 4.69) is 23.7 Å². The summed E-state index contributed by atoms with van der Waals surface area (Å²) in [5.74, 6) is 0.123. The molecule has 0 aliphatic rings. The topological polar surface area (TPSA) is 33.2 Å². The zero-order valence-corrected chi connectivity index (χ0v) is 10.6. The van der Waals surface area contributed by atoms with Crippen LogP contribution in [0, 0.1) is 11.7 Å². The van der Waals surface area contributed by atoms with E-state index < -0.39 is 5.82 Å². The molecule has 0 amide bonds. The molecule has 1 aromatic rings. The molecule has 3 nitrogen and oxygen atoms in total. The minimum Gasteiger partial charge on any atom is -0.306 e. The van der Waals surface area contributed by atoms with Gasteiger partial charge in [-0.3, -0.25) is 9.78 Å². The number of aromatic nitrogens is 1. The number of carbonyl (C=O) groups is 1. The Kier molecular flexibility index (Phi) is 5.22. The van der Waals surface area contributed by atoms with Gasteiger partial charge in [-0.1, -0.05) is 13.8 Å². The largest absolute Gasteiger partial charge is 0.306 e. The number of rotatable bonds is 6. The fraction of sp³-hybridized carbons (Fsp3) is 0.538. The molecule has 1 rings (SSSR count). The van der Waals surface area contributed by atoms with Crippen molar-refractivity contribution in [2.24, 2.45) is 5.92 Å². The van der Waals surface area contributed by atoms with Crippen LogP contribution in [-0.2, 0) is 0 Å². The van der Waals surface area contributed by atoms with Crippen LogP contribution in [0.4, 0.5) is 4.39 Å². The first-order chi connectivity index (χ1) is 7.99. The molecule has 0 radical (unpaired) electrons. The van der Waals surface area contributed by atoms with E-state index in [1.165, 1.54) is 12.1 Å².